The van der Waals surface area contributed by atoms with Crippen LogP contribution in [0.25, 0.3) is 0 Å². The molecule has 0 aromatic carbocycles. The molecule has 1 fully saturated rings. The number of hydrogen-bond donors (Lipinski definition) is 1. The Bertz CT molecular complexity index is 440. The number of anilines is 1. The van der Waals surface area contributed by atoms with Crippen LogP contribution in [-0.2, 0) is 0 Å². The van der Waals surface area contributed by atoms with Crippen molar-refractivity contribution in [2.24, 2.45) is 5.73 Å². The summed E-state index contributed by atoms with van der Waals surface area (Å²) in [6, 6.07) is 1.54. The summed E-state index contributed by atoms with van der Waals surface area (Å²) in [6.07, 6.45) is 3.47. The van der Waals surface area contributed by atoms with Gasteiger partial charge in [0.25, 0.3) is 0 Å². The Morgan fingerprint density at radius 3 is 3.06 bits per heavy atom. The Labute approximate surface area is 107 Å². The van der Waals surface area contributed by atoms with Crippen molar-refractivity contribution in [1.29, 1.82) is 0 Å². The number of nitrogens with two attached hydrogens (primary N) is 1. The number of nitro groups is 1. The summed E-state index contributed by atoms with van der Waals surface area (Å²) in [5.41, 5.74) is 5.89. The number of hydrogen-bond acceptors (Lipinski definition) is 5. The van der Waals surface area contributed by atoms with Crippen molar-refractivity contribution in [3.05, 3.63) is 26.9 Å². The molecule has 2 heterocycles. The van der Waals surface area contributed by atoms with Gasteiger partial charge in [-0.3, -0.25) is 10.1 Å². The lowest BCUT2D eigenvalue weighted by Gasteiger charge is -2.31. The normalized spacial score (nSPS) is 20.4. The summed E-state index contributed by atoms with van der Waals surface area (Å²) in [6.45, 7) is 1.39. The molecule has 7 heteroatoms. The molecule has 0 saturated carbocycles. The SMILES string of the molecule is N[C@@H]1CCCN(c2ncc(Br)cc2[N+](=O)[O-])C1. The first-order valence-corrected chi connectivity index (χ1v) is 6.17. The summed E-state index contributed by atoms with van der Waals surface area (Å²) < 4.78 is 0.606. The fourth-order valence-electron chi connectivity index (χ4n) is 2.00. The van der Waals surface area contributed by atoms with Gasteiger partial charge in [0.05, 0.1) is 4.92 Å². The van der Waals surface area contributed by atoms with Gasteiger partial charge in [0, 0.05) is 35.9 Å². The van der Waals surface area contributed by atoms with Crippen molar-refractivity contribution in [1.82, 2.24) is 4.98 Å². The van der Waals surface area contributed by atoms with Gasteiger partial charge < -0.3 is 10.6 Å². The lowest BCUT2D eigenvalue weighted by atomic mass is 10.1. The highest BCUT2D eigenvalue weighted by atomic mass is 79.9. The van der Waals surface area contributed by atoms with Crippen molar-refractivity contribution in [2.45, 2.75) is 18.9 Å². The van der Waals surface area contributed by atoms with E-state index in [-0.39, 0.29) is 11.7 Å². The number of piperidine rings is 1. The molecular formula is C10H13BrN4O2. The van der Waals surface area contributed by atoms with E-state index in [1.54, 1.807) is 6.20 Å². The molecule has 1 aliphatic heterocycles. The Morgan fingerprint density at radius 1 is 1.65 bits per heavy atom. The van der Waals surface area contributed by atoms with Crippen molar-refractivity contribution in [3.8, 4) is 0 Å². The maximum atomic E-state index is 11.0. The molecule has 92 valence electrons. The van der Waals surface area contributed by atoms with Crippen LogP contribution in [0.4, 0.5) is 11.5 Å². The molecule has 6 nitrogen and oxygen atoms in total. The van der Waals surface area contributed by atoms with E-state index in [0.717, 1.165) is 19.4 Å². The van der Waals surface area contributed by atoms with Crippen LogP contribution in [0.2, 0.25) is 0 Å². The Morgan fingerprint density at radius 2 is 2.41 bits per heavy atom. The zero-order valence-corrected chi connectivity index (χ0v) is 10.8. The van der Waals surface area contributed by atoms with E-state index in [4.69, 9.17) is 5.73 Å². The van der Waals surface area contributed by atoms with Crippen LogP contribution < -0.4 is 10.6 Å². The molecule has 1 aromatic rings. The fourth-order valence-corrected chi connectivity index (χ4v) is 2.32. The first-order valence-electron chi connectivity index (χ1n) is 5.38. The molecule has 0 amide bonds. The minimum atomic E-state index is -0.410. The van der Waals surface area contributed by atoms with E-state index in [1.165, 1.54) is 6.07 Å². The van der Waals surface area contributed by atoms with E-state index in [9.17, 15) is 10.1 Å². The van der Waals surface area contributed by atoms with Crippen molar-refractivity contribution in [2.75, 3.05) is 18.0 Å². The van der Waals surface area contributed by atoms with Gasteiger partial charge in [0.2, 0.25) is 5.82 Å². The lowest BCUT2D eigenvalue weighted by Crippen LogP contribution is -2.43. The first-order chi connectivity index (χ1) is 8.08. The zero-order chi connectivity index (χ0) is 12.4. The molecule has 1 aromatic heterocycles. The Balaban J connectivity index is 2.33. The molecule has 0 bridgehead atoms. The molecular weight excluding hydrogens is 288 g/mol. The van der Waals surface area contributed by atoms with Crippen LogP contribution in [0, 0.1) is 10.1 Å². The standard InChI is InChI=1S/C10H13BrN4O2/c11-7-4-9(15(16)17)10(13-5-7)14-3-1-2-8(12)6-14/h4-5,8H,1-3,6,12H2/t8-/m1/s1. The second-order valence-electron chi connectivity index (χ2n) is 4.10. The number of halogens is 1. The minimum absolute atomic E-state index is 0.0217. The van der Waals surface area contributed by atoms with Crippen LogP contribution in [0.1, 0.15) is 12.8 Å². The van der Waals surface area contributed by atoms with Gasteiger partial charge in [-0.2, -0.15) is 0 Å². The van der Waals surface area contributed by atoms with E-state index in [1.807, 2.05) is 4.90 Å². The maximum Gasteiger partial charge on any atom is 0.312 e. The fraction of sp³-hybridized carbons (Fsp3) is 0.500. The van der Waals surface area contributed by atoms with Gasteiger partial charge in [-0.15, -0.1) is 0 Å². The third-order valence-corrected chi connectivity index (χ3v) is 3.20. The van der Waals surface area contributed by atoms with Gasteiger partial charge in [-0.05, 0) is 28.8 Å². The van der Waals surface area contributed by atoms with Crippen molar-refractivity contribution in [3.63, 3.8) is 0 Å². The molecule has 17 heavy (non-hydrogen) atoms. The van der Waals surface area contributed by atoms with Crippen molar-refractivity contribution >= 4 is 27.4 Å². The summed E-state index contributed by atoms with van der Waals surface area (Å²) in [7, 11) is 0. The van der Waals surface area contributed by atoms with Crippen LogP contribution in [0.15, 0.2) is 16.7 Å². The van der Waals surface area contributed by atoms with Crippen LogP contribution in [0.3, 0.4) is 0 Å². The molecule has 0 radical (unpaired) electrons. The predicted molar refractivity (Wildman–Crippen MR) is 68.0 cm³/mol. The third-order valence-electron chi connectivity index (χ3n) is 2.77. The first kappa shape index (κ1) is 12.3. The van der Waals surface area contributed by atoms with Gasteiger partial charge in [0.15, 0.2) is 0 Å². The molecule has 0 unspecified atom stereocenters. The van der Waals surface area contributed by atoms with Crippen LogP contribution in [0.5, 0.6) is 0 Å². The Hall–Kier alpha value is -1.21. The largest absolute Gasteiger partial charge is 0.349 e. The summed E-state index contributed by atoms with van der Waals surface area (Å²) in [5.74, 6) is 0.411. The van der Waals surface area contributed by atoms with Gasteiger partial charge in [-0.25, -0.2) is 4.98 Å². The summed E-state index contributed by atoms with van der Waals surface area (Å²) in [4.78, 5) is 16.6. The van der Waals surface area contributed by atoms with Crippen LogP contribution in [-0.4, -0.2) is 29.0 Å². The summed E-state index contributed by atoms with van der Waals surface area (Å²) >= 11 is 3.19. The zero-order valence-electron chi connectivity index (χ0n) is 9.17. The third kappa shape index (κ3) is 2.73. The average molecular weight is 301 g/mol. The number of pyridine rings is 1. The topological polar surface area (TPSA) is 85.3 Å². The quantitative estimate of drug-likeness (QED) is 0.663. The number of nitrogens with zero attached hydrogens (tertiary/aromatic N) is 3. The second-order valence-corrected chi connectivity index (χ2v) is 5.02. The highest BCUT2D eigenvalue weighted by Gasteiger charge is 2.25. The predicted octanol–water partition coefficient (Wildman–Crippen LogP) is 1.68. The van der Waals surface area contributed by atoms with E-state index >= 15 is 0 Å². The Kier molecular flexibility index (Phi) is 3.58. The minimum Gasteiger partial charge on any atom is -0.349 e. The molecule has 0 aliphatic carbocycles. The van der Waals surface area contributed by atoms with E-state index in [0.29, 0.717) is 16.8 Å². The van der Waals surface area contributed by atoms with Crippen LogP contribution >= 0.6 is 15.9 Å². The summed E-state index contributed by atoms with van der Waals surface area (Å²) in [5, 5.41) is 11.0. The molecule has 2 rings (SSSR count). The lowest BCUT2D eigenvalue weighted by molar-refractivity contribution is -0.384. The second kappa shape index (κ2) is 4.97. The molecule has 1 aliphatic rings. The number of aromatic nitrogens is 1. The molecule has 1 atom stereocenters. The van der Waals surface area contributed by atoms with Gasteiger partial charge >= 0.3 is 5.69 Å². The average Bonchev–Trinajstić information content (AvgIpc) is 2.28. The maximum absolute atomic E-state index is 11.0. The van der Waals surface area contributed by atoms with Gasteiger partial charge in [0.1, 0.15) is 0 Å². The highest BCUT2D eigenvalue weighted by molar-refractivity contribution is 9.10. The molecule has 2 N–H and O–H groups in total. The molecule has 0 spiro atoms. The smallest absolute Gasteiger partial charge is 0.312 e. The van der Waals surface area contributed by atoms with E-state index < -0.39 is 4.92 Å². The highest BCUT2D eigenvalue weighted by Crippen LogP contribution is 2.30. The van der Waals surface area contributed by atoms with Gasteiger partial charge in [-0.1, -0.05) is 0 Å². The van der Waals surface area contributed by atoms with E-state index in [2.05, 4.69) is 20.9 Å². The molecule has 1 saturated heterocycles. The number of rotatable bonds is 2. The monoisotopic (exact) mass is 300 g/mol. The van der Waals surface area contributed by atoms with Crippen molar-refractivity contribution < 1.29 is 4.92 Å².